The summed E-state index contributed by atoms with van der Waals surface area (Å²) < 4.78 is 0. The maximum Gasteiger partial charge on any atom is 0.225 e. The molecule has 2 unspecified atom stereocenters. The van der Waals surface area contributed by atoms with Crippen molar-refractivity contribution in [1.82, 2.24) is 20.4 Å². The molecule has 2 heterocycles. The van der Waals surface area contributed by atoms with Crippen LogP contribution in [0.5, 0.6) is 0 Å². The van der Waals surface area contributed by atoms with Gasteiger partial charge in [-0.2, -0.15) is 0 Å². The number of guanidine groups is 1. The first-order valence-corrected chi connectivity index (χ1v) is 9.57. The zero-order chi connectivity index (χ0) is 17.1. The third kappa shape index (κ3) is 4.41. The van der Waals surface area contributed by atoms with E-state index in [0.717, 1.165) is 44.0 Å². The van der Waals surface area contributed by atoms with Crippen LogP contribution in [-0.4, -0.2) is 73.5 Å². The molecule has 2 N–H and O–H groups in total. The molecule has 136 valence electrons. The number of nitrogens with one attached hydrogen (secondary N) is 2. The molecule has 2 atom stereocenters. The molecule has 6 heteroatoms. The molecule has 0 aromatic rings. The minimum absolute atomic E-state index is 0.0815. The lowest BCUT2D eigenvalue weighted by Gasteiger charge is -2.21. The van der Waals surface area contributed by atoms with Crippen molar-refractivity contribution >= 4 is 11.9 Å². The van der Waals surface area contributed by atoms with Gasteiger partial charge in [0.15, 0.2) is 5.96 Å². The standard InChI is InChI=1S/C18H33N5O/c1-13(2)17(24)23-9-7-15(12-23)21-18(19-3)20-10-14-6-8-22(11-14)16-4-5-16/h13-16H,4-12H2,1-3H3,(H2,19,20,21). The van der Waals surface area contributed by atoms with Gasteiger partial charge in [-0.25, -0.2) is 0 Å². The van der Waals surface area contributed by atoms with Crippen LogP contribution in [0.2, 0.25) is 0 Å². The van der Waals surface area contributed by atoms with Crippen molar-refractivity contribution in [3.8, 4) is 0 Å². The van der Waals surface area contributed by atoms with E-state index in [1.807, 2.05) is 25.8 Å². The largest absolute Gasteiger partial charge is 0.356 e. The van der Waals surface area contributed by atoms with Gasteiger partial charge >= 0.3 is 0 Å². The Labute approximate surface area is 146 Å². The van der Waals surface area contributed by atoms with Gasteiger partial charge in [0.2, 0.25) is 5.91 Å². The van der Waals surface area contributed by atoms with Crippen LogP contribution < -0.4 is 10.6 Å². The molecule has 2 aliphatic heterocycles. The van der Waals surface area contributed by atoms with Crippen molar-refractivity contribution in [3.63, 3.8) is 0 Å². The van der Waals surface area contributed by atoms with Gasteiger partial charge in [-0.15, -0.1) is 0 Å². The number of hydrogen-bond donors (Lipinski definition) is 2. The van der Waals surface area contributed by atoms with Crippen LogP contribution in [0.1, 0.15) is 39.5 Å². The molecule has 2 saturated heterocycles. The summed E-state index contributed by atoms with van der Waals surface area (Å²) >= 11 is 0. The predicted octanol–water partition coefficient (Wildman–Crippen LogP) is 0.893. The summed E-state index contributed by atoms with van der Waals surface area (Å²) in [6.07, 6.45) is 5.09. The molecule has 0 aromatic heterocycles. The molecule has 0 radical (unpaired) electrons. The Morgan fingerprint density at radius 2 is 1.96 bits per heavy atom. The summed E-state index contributed by atoms with van der Waals surface area (Å²) in [4.78, 5) is 21.1. The topological polar surface area (TPSA) is 60.0 Å². The van der Waals surface area contributed by atoms with Crippen LogP contribution in [0.4, 0.5) is 0 Å². The van der Waals surface area contributed by atoms with Gasteiger partial charge in [-0.05, 0) is 38.1 Å². The molecule has 3 aliphatic rings. The monoisotopic (exact) mass is 335 g/mol. The number of nitrogens with zero attached hydrogens (tertiary/aromatic N) is 3. The molecule has 0 aromatic carbocycles. The average Bonchev–Trinajstić information content (AvgIpc) is 3.14. The summed E-state index contributed by atoms with van der Waals surface area (Å²) in [6, 6.07) is 1.20. The second-order valence-electron chi connectivity index (χ2n) is 7.90. The Morgan fingerprint density at radius 1 is 1.17 bits per heavy atom. The highest BCUT2D eigenvalue weighted by atomic mass is 16.2. The van der Waals surface area contributed by atoms with E-state index in [9.17, 15) is 4.79 Å². The quantitative estimate of drug-likeness (QED) is 0.579. The summed E-state index contributed by atoms with van der Waals surface area (Å²) in [6.45, 7) is 9.06. The van der Waals surface area contributed by atoms with Gasteiger partial charge in [0.1, 0.15) is 0 Å². The van der Waals surface area contributed by atoms with E-state index in [1.165, 1.54) is 32.4 Å². The second-order valence-corrected chi connectivity index (χ2v) is 7.90. The van der Waals surface area contributed by atoms with Gasteiger partial charge in [0.25, 0.3) is 0 Å². The van der Waals surface area contributed by atoms with Gasteiger partial charge in [-0.1, -0.05) is 13.8 Å². The normalized spacial score (nSPS) is 28.7. The Bertz CT molecular complexity index is 474. The SMILES string of the molecule is CN=C(NCC1CCN(C2CC2)C1)NC1CCN(C(=O)C(C)C)C1. The van der Waals surface area contributed by atoms with Crippen molar-refractivity contribution in [2.45, 2.75) is 51.6 Å². The first-order valence-electron chi connectivity index (χ1n) is 9.57. The fourth-order valence-electron chi connectivity index (χ4n) is 3.87. The van der Waals surface area contributed by atoms with E-state index >= 15 is 0 Å². The lowest BCUT2D eigenvalue weighted by atomic mass is 10.1. The zero-order valence-corrected chi connectivity index (χ0v) is 15.4. The molecule has 1 saturated carbocycles. The molecule has 1 amide bonds. The number of aliphatic imine (C=N–C) groups is 1. The first kappa shape index (κ1) is 17.5. The number of amides is 1. The maximum absolute atomic E-state index is 12.1. The van der Waals surface area contributed by atoms with E-state index < -0.39 is 0 Å². The average molecular weight is 335 g/mol. The van der Waals surface area contributed by atoms with Gasteiger partial charge < -0.3 is 20.4 Å². The molecular weight excluding hydrogens is 302 g/mol. The maximum atomic E-state index is 12.1. The fourth-order valence-corrected chi connectivity index (χ4v) is 3.87. The minimum atomic E-state index is 0.0815. The number of hydrogen-bond acceptors (Lipinski definition) is 3. The van der Waals surface area contributed by atoms with Crippen LogP contribution in [0.25, 0.3) is 0 Å². The van der Waals surface area contributed by atoms with E-state index in [4.69, 9.17) is 0 Å². The fraction of sp³-hybridized carbons (Fsp3) is 0.889. The second kappa shape index (κ2) is 7.72. The molecule has 3 rings (SSSR count). The zero-order valence-electron chi connectivity index (χ0n) is 15.4. The number of carbonyl (C=O) groups is 1. The number of rotatable bonds is 5. The van der Waals surface area contributed by atoms with Crippen LogP contribution in [0.15, 0.2) is 4.99 Å². The molecule has 6 nitrogen and oxygen atoms in total. The highest BCUT2D eigenvalue weighted by Gasteiger charge is 2.34. The molecule has 24 heavy (non-hydrogen) atoms. The van der Waals surface area contributed by atoms with Gasteiger partial charge in [0.05, 0.1) is 0 Å². The van der Waals surface area contributed by atoms with E-state index in [-0.39, 0.29) is 11.8 Å². The predicted molar refractivity (Wildman–Crippen MR) is 97.0 cm³/mol. The third-order valence-electron chi connectivity index (χ3n) is 5.50. The molecule has 1 aliphatic carbocycles. The van der Waals surface area contributed by atoms with Crippen molar-refractivity contribution in [1.29, 1.82) is 0 Å². The van der Waals surface area contributed by atoms with Crippen molar-refractivity contribution in [2.75, 3.05) is 39.8 Å². The van der Waals surface area contributed by atoms with E-state index in [2.05, 4.69) is 20.5 Å². The smallest absolute Gasteiger partial charge is 0.225 e. The molecule has 0 bridgehead atoms. The summed E-state index contributed by atoms with van der Waals surface area (Å²) in [5.74, 6) is 1.95. The summed E-state index contributed by atoms with van der Waals surface area (Å²) in [7, 11) is 1.83. The third-order valence-corrected chi connectivity index (χ3v) is 5.50. The Balaban J connectivity index is 1.38. The lowest BCUT2D eigenvalue weighted by molar-refractivity contribution is -0.133. The Hall–Kier alpha value is -1.30. The van der Waals surface area contributed by atoms with Gasteiger partial charge in [-0.3, -0.25) is 9.79 Å². The lowest BCUT2D eigenvalue weighted by Crippen LogP contribution is -2.46. The molecular formula is C18H33N5O. The van der Waals surface area contributed by atoms with Crippen LogP contribution in [0.3, 0.4) is 0 Å². The Morgan fingerprint density at radius 3 is 2.62 bits per heavy atom. The van der Waals surface area contributed by atoms with Crippen molar-refractivity contribution < 1.29 is 4.79 Å². The number of carbonyl (C=O) groups excluding carboxylic acids is 1. The highest BCUT2D eigenvalue weighted by Crippen LogP contribution is 2.31. The van der Waals surface area contributed by atoms with E-state index in [1.54, 1.807) is 0 Å². The highest BCUT2D eigenvalue weighted by molar-refractivity contribution is 5.81. The summed E-state index contributed by atoms with van der Waals surface area (Å²) in [5.41, 5.74) is 0. The van der Waals surface area contributed by atoms with E-state index in [0.29, 0.717) is 6.04 Å². The first-order chi connectivity index (χ1) is 11.6. The minimum Gasteiger partial charge on any atom is -0.356 e. The number of likely N-dealkylation sites (tertiary alicyclic amines) is 2. The van der Waals surface area contributed by atoms with Crippen LogP contribution in [0, 0.1) is 11.8 Å². The summed E-state index contributed by atoms with van der Waals surface area (Å²) in [5, 5.41) is 6.98. The molecule has 3 fully saturated rings. The van der Waals surface area contributed by atoms with Crippen LogP contribution in [-0.2, 0) is 4.79 Å². The van der Waals surface area contributed by atoms with Crippen molar-refractivity contribution in [2.24, 2.45) is 16.8 Å². The van der Waals surface area contributed by atoms with Crippen LogP contribution >= 0.6 is 0 Å². The van der Waals surface area contributed by atoms with Crippen molar-refractivity contribution in [3.05, 3.63) is 0 Å². The van der Waals surface area contributed by atoms with Gasteiger partial charge in [0, 0.05) is 51.2 Å². The Kier molecular flexibility index (Phi) is 5.64. The molecule has 0 spiro atoms.